The molecule has 2 amide bonds. The number of rotatable bonds is 4. The maximum Gasteiger partial charge on any atom is 0.348 e. The molecule has 0 aliphatic carbocycles. The summed E-state index contributed by atoms with van der Waals surface area (Å²) in [4.78, 5) is 34.9. The lowest BCUT2D eigenvalue weighted by atomic mass is 10.1. The molecule has 0 unspecified atom stereocenters. The summed E-state index contributed by atoms with van der Waals surface area (Å²) in [6.45, 7) is 0. The molecule has 2 N–H and O–H groups in total. The number of aromatic carboxylic acids is 1. The number of nitrogens with zero attached hydrogens (tertiary/aromatic N) is 3. The van der Waals surface area contributed by atoms with Crippen molar-refractivity contribution >= 4 is 50.6 Å². The normalized spacial score (nSPS) is 12.7. The van der Waals surface area contributed by atoms with Crippen LogP contribution in [0, 0.1) is 0 Å². The Kier molecular flexibility index (Phi) is 3.88. The fourth-order valence-corrected chi connectivity index (χ4v) is 4.12. The number of amides is 2. The van der Waals surface area contributed by atoms with Crippen molar-refractivity contribution in [3.8, 4) is 11.6 Å². The highest BCUT2D eigenvalue weighted by atomic mass is 32.1. The van der Waals surface area contributed by atoms with E-state index in [2.05, 4.69) is 15.3 Å². The summed E-state index contributed by atoms with van der Waals surface area (Å²) in [5, 5.41) is 12.7. The zero-order valence-corrected chi connectivity index (χ0v) is 15.5. The van der Waals surface area contributed by atoms with Crippen LogP contribution in [0.25, 0.3) is 10.2 Å². The van der Waals surface area contributed by atoms with E-state index >= 15 is 0 Å². The molecule has 0 saturated heterocycles. The Morgan fingerprint density at radius 3 is 2.66 bits per heavy atom. The molecular formula is C20H12N4O4S. The topological polar surface area (TPSA) is 105 Å². The number of carbonyl (C=O) groups is 2. The standard InChI is InChI=1S/C20H12N4O4S/c25-19(26)17-16-15-13(8-9-21-18(15)29-17)24(20(27)23-16)11-6-7-14(22-10-11)28-12-4-2-1-3-5-12/h1-10H,(H,23,27)(H,25,26). The summed E-state index contributed by atoms with van der Waals surface area (Å²) < 4.78 is 5.69. The number of hydrogen-bond acceptors (Lipinski definition) is 6. The average molecular weight is 404 g/mol. The monoisotopic (exact) mass is 404 g/mol. The van der Waals surface area contributed by atoms with Gasteiger partial charge in [0.1, 0.15) is 15.5 Å². The van der Waals surface area contributed by atoms with Gasteiger partial charge in [-0.05, 0) is 24.3 Å². The smallest absolute Gasteiger partial charge is 0.348 e. The molecule has 0 atom stereocenters. The van der Waals surface area contributed by atoms with Crippen LogP contribution in [-0.4, -0.2) is 27.1 Å². The molecule has 29 heavy (non-hydrogen) atoms. The number of para-hydroxylation sites is 1. The molecule has 1 aromatic carbocycles. The first-order valence-electron chi connectivity index (χ1n) is 8.56. The third-order valence-corrected chi connectivity index (χ3v) is 5.47. The fourth-order valence-electron chi connectivity index (χ4n) is 3.17. The van der Waals surface area contributed by atoms with Gasteiger partial charge in [-0.25, -0.2) is 19.6 Å². The van der Waals surface area contributed by atoms with Gasteiger partial charge < -0.3 is 15.2 Å². The Balaban J connectivity index is 1.54. The van der Waals surface area contributed by atoms with E-state index in [1.165, 1.54) is 11.1 Å². The van der Waals surface area contributed by atoms with Gasteiger partial charge in [0.05, 0.1) is 28.6 Å². The first-order valence-corrected chi connectivity index (χ1v) is 9.38. The maximum absolute atomic E-state index is 12.8. The lowest BCUT2D eigenvalue weighted by Gasteiger charge is -2.28. The third-order valence-electron chi connectivity index (χ3n) is 4.38. The van der Waals surface area contributed by atoms with Crippen LogP contribution in [0.5, 0.6) is 11.6 Å². The summed E-state index contributed by atoms with van der Waals surface area (Å²) in [5.41, 5.74) is 1.35. The number of ether oxygens (including phenoxy) is 1. The summed E-state index contributed by atoms with van der Waals surface area (Å²) in [7, 11) is 0. The number of benzene rings is 1. The molecule has 4 aromatic rings. The Hall–Kier alpha value is -3.98. The molecule has 5 rings (SSSR count). The van der Waals surface area contributed by atoms with Gasteiger partial charge in [-0.2, -0.15) is 0 Å². The van der Waals surface area contributed by atoms with E-state index in [9.17, 15) is 14.7 Å². The second-order valence-corrected chi connectivity index (χ2v) is 7.16. The van der Waals surface area contributed by atoms with Gasteiger partial charge in [0, 0.05) is 12.3 Å². The molecule has 4 heterocycles. The summed E-state index contributed by atoms with van der Waals surface area (Å²) in [5.74, 6) is -0.0585. The first-order chi connectivity index (χ1) is 14.1. The van der Waals surface area contributed by atoms with Crippen molar-refractivity contribution in [1.29, 1.82) is 0 Å². The number of hydrogen-bond donors (Lipinski definition) is 2. The summed E-state index contributed by atoms with van der Waals surface area (Å²) in [6.07, 6.45) is 3.08. The van der Waals surface area contributed by atoms with E-state index in [0.717, 1.165) is 11.3 Å². The Bertz CT molecular complexity index is 1250. The predicted molar refractivity (Wildman–Crippen MR) is 108 cm³/mol. The third kappa shape index (κ3) is 2.84. The Labute approximate surface area is 168 Å². The second kappa shape index (κ2) is 6.57. The van der Waals surface area contributed by atoms with Crippen molar-refractivity contribution in [1.82, 2.24) is 9.97 Å². The SMILES string of the molecule is O=C(O)c1sc2nccc3c2c1NC(=O)N3c1ccc(Oc2ccccc2)nc1. The number of nitrogens with one attached hydrogen (secondary N) is 1. The number of carbonyl (C=O) groups excluding carboxylic acids is 1. The van der Waals surface area contributed by atoms with E-state index in [-0.39, 0.29) is 10.6 Å². The highest BCUT2D eigenvalue weighted by Crippen LogP contribution is 2.45. The van der Waals surface area contributed by atoms with Crippen LogP contribution in [0.15, 0.2) is 60.9 Å². The maximum atomic E-state index is 12.8. The number of pyridine rings is 2. The van der Waals surface area contributed by atoms with Crippen molar-refractivity contribution in [3.05, 3.63) is 65.8 Å². The number of aromatic nitrogens is 2. The molecule has 0 bridgehead atoms. The van der Waals surface area contributed by atoms with Crippen LogP contribution in [0.1, 0.15) is 9.67 Å². The molecule has 0 fully saturated rings. The first kappa shape index (κ1) is 17.1. The van der Waals surface area contributed by atoms with Crippen LogP contribution in [-0.2, 0) is 0 Å². The summed E-state index contributed by atoms with van der Waals surface area (Å²) >= 11 is 1.03. The zero-order chi connectivity index (χ0) is 20.0. The molecule has 142 valence electrons. The number of carboxylic acids is 1. The van der Waals surface area contributed by atoms with Crippen molar-refractivity contribution < 1.29 is 19.4 Å². The van der Waals surface area contributed by atoms with E-state index in [4.69, 9.17) is 4.74 Å². The molecule has 0 radical (unpaired) electrons. The van der Waals surface area contributed by atoms with Gasteiger partial charge in [0.15, 0.2) is 0 Å². The van der Waals surface area contributed by atoms with Crippen LogP contribution in [0.3, 0.4) is 0 Å². The molecule has 0 spiro atoms. The molecule has 3 aromatic heterocycles. The fraction of sp³-hybridized carbons (Fsp3) is 0. The molecule has 1 aliphatic rings. The zero-order valence-electron chi connectivity index (χ0n) is 14.7. The Morgan fingerprint density at radius 1 is 1.10 bits per heavy atom. The quantitative estimate of drug-likeness (QED) is 0.503. The highest BCUT2D eigenvalue weighted by Gasteiger charge is 2.32. The minimum Gasteiger partial charge on any atom is -0.477 e. The molecule has 1 aliphatic heterocycles. The number of urea groups is 1. The van der Waals surface area contributed by atoms with Crippen molar-refractivity contribution in [3.63, 3.8) is 0 Å². The molecule has 8 nitrogen and oxygen atoms in total. The van der Waals surface area contributed by atoms with Gasteiger partial charge in [0.25, 0.3) is 0 Å². The van der Waals surface area contributed by atoms with E-state index in [0.29, 0.717) is 33.2 Å². The Morgan fingerprint density at radius 2 is 1.93 bits per heavy atom. The minimum absolute atomic E-state index is 0.0534. The van der Waals surface area contributed by atoms with Crippen LogP contribution in [0.2, 0.25) is 0 Å². The van der Waals surface area contributed by atoms with Gasteiger partial charge in [0.2, 0.25) is 5.88 Å². The van der Waals surface area contributed by atoms with Gasteiger partial charge in [-0.3, -0.25) is 4.90 Å². The number of carboxylic acid groups (broad SMARTS) is 1. The van der Waals surface area contributed by atoms with Crippen LogP contribution in [0.4, 0.5) is 21.9 Å². The van der Waals surface area contributed by atoms with Crippen molar-refractivity contribution in [2.75, 3.05) is 10.2 Å². The highest BCUT2D eigenvalue weighted by molar-refractivity contribution is 7.21. The number of anilines is 3. The molecule has 0 saturated carbocycles. The van der Waals surface area contributed by atoms with Crippen LogP contribution >= 0.6 is 11.3 Å². The lowest BCUT2D eigenvalue weighted by molar-refractivity contribution is 0.0703. The van der Waals surface area contributed by atoms with Gasteiger partial charge in [-0.15, -0.1) is 11.3 Å². The average Bonchev–Trinajstić information content (AvgIpc) is 3.10. The molecular weight excluding hydrogens is 392 g/mol. The van der Waals surface area contributed by atoms with E-state index in [1.54, 1.807) is 24.4 Å². The van der Waals surface area contributed by atoms with Gasteiger partial charge in [-0.1, -0.05) is 18.2 Å². The van der Waals surface area contributed by atoms with E-state index in [1.807, 2.05) is 30.3 Å². The second-order valence-electron chi connectivity index (χ2n) is 6.16. The summed E-state index contributed by atoms with van der Waals surface area (Å²) in [6, 6.07) is 13.8. The van der Waals surface area contributed by atoms with Crippen molar-refractivity contribution in [2.24, 2.45) is 0 Å². The van der Waals surface area contributed by atoms with Crippen molar-refractivity contribution in [2.45, 2.75) is 0 Å². The molecule has 9 heteroatoms. The van der Waals surface area contributed by atoms with Crippen LogP contribution < -0.4 is 15.0 Å². The van der Waals surface area contributed by atoms with Gasteiger partial charge >= 0.3 is 12.0 Å². The minimum atomic E-state index is -1.10. The largest absolute Gasteiger partial charge is 0.477 e. The lowest BCUT2D eigenvalue weighted by Crippen LogP contribution is -2.34. The van der Waals surface area contributed by atoms with E-state index < -0.39 is 12.0 Å². The predicted octanol–water partition coefficient (Wildman–Crippen LogP) is 4.87. The number of thiophene rings is 1.